The number of aryl methyl sites for hydroxylation is 1. The molecule has 1 aliphatic heterocycles. The maximum Gasteiger partial charge on any atom is 0.295 e. The van der Waals surface area contributed by atoms with Gasteiger partial charge in [0.05, 0.1) is 18.2 Å². The molecule has 0 bridgehead atoms. The summed E-state index contributed by atoms with van der Waals surface area (Å²) < 4.78 is 11.7. The van der Waals surface area contributed by atoms with Crippen molar-refractivity contribution in [1.29, 1.82) is 0 Å². The highest BCUT2D eigenvalue weighted by Gasteiger charge is 2.46. The van der Waals surface area contributed by atoms with Crippen LogP contribution in [0.5, 0.6) is 11.5 Å². The van der Waals surface area contributed by atoms with Gasteiger partial charge in [0, 0.05) is 12.1 Å². The van der Waals surface area contributed by atoms with Gasteiger partial charge in [0.1, 0.15) is 22.9 Å². The fourth-order valence-electron chi connectivity index (χ4n) is 5.03. The van der Waals surface area contributed by atoms with Crippen LogP contribution >= 0.6 is 0 Å². The molecule has 0 spiro atoms. The minimum Gasteiger partial charge on any atom is -0.507 e. The van der Waals surface area contributed by atoms with Crippen molar-refractivity contribution in [2.45, 2.75) is 72.6 Å². The number of likely N-dealkylation sites (tertiary alicyclic amines) is 1. The van der Waals surface area contributed by atoms with Crippen molar-refractivity contribution < 1.29 is 24.2 Å². The van der Waals surface area contributed by atoms with Crippen LogP contribution in [0.3, 0.4) is 0 Å². The van der Waals surface area contributed by atoms with Crippen LogP contribution < -0.4 is 9.47 Å². The van der Waals surface area contributed by atoms with Gasteiger partial charge in [-0.05, 0) is 87.6 Å². The quantitative estimate of drug-likeness (QED) is 0.184. The number of aliphatic hydroxyl groups is 1. The molecule has 0 aliphatic carbocycles. The van der Waals surface area contributed by atoms with E-state index in [0.717, 1.165) is 33.8 Å². The summed E-state index contributed by atoms with van der Waals surface area (Å²) in [5, 5.41) is 11.6. The molecule has 0 aromatic heterocycles. The summed E-state index contributed by atoms with van der Waals surface area (Å²) in [6.07, 6.45) is 0. The Morgan fingerprint density at radius 2 is 1.70 bits per heavy atom. The number of hydrogen-bond donors (Lipinski definition) is 1. The number of carbonyl (C=O) groups is 2. The Bertz CT molecular complexity index is 1430. The highest BCUT2D eigenvalue weighted by atomic mass is 16.5. The Balaban J connectivity index is 1.79. The summed E-state index contributed by atoms with van der Waals surface area (Å²) in [5.41, 5.74) is 3.77. The number of benzene rings is 3. The van der Waals surface area contributed by atoms with Crippen LogP contribution in [0.1, 0.15) is 81.3 Å². The zero-order valence-electron chi connectivity index (χ0n) is 24.4. The van der Waals surface area contributed by atoms with Gasteiger partial charge in [-0.2, -0.15) is 0 Å². The van der Waals surface area contributed by atoms with E-state index in [1.165, 1.54) is 0 Å². The number of amides is 1. The standard InChI is InChI=1S/C34H39NO5/c1-8-39-28-17-14-25(19-27(28)21(2)3)31(36)29-30(24-11-9-10-22(4)18-24)35(33(38)32(29)37)20-23-12-15-26(16-13-23)40-34(5,6)7/h9-19,21,30,36H,8,20H2,1-7H3/b31-29-. The van der Waals surface area contributed by atoms with Gasteiger partial charge >= 0.3 is 0 Å². The minimum atomic E-state index is -0.737. The Kier molecular flexibility index (Phi) is 8.38. The predicted octanol–water partition coefficient (Wildman–Crippen LogP) is 7.32. The molecule has 40 heavy (non-hydrogen) atoms. The summed E-state index contributed by atoms with van der Waals surface area (Å²) in [6, 6.07) is 19.9. The second-order valence-electron chi connectivity index (χ2n) is 11.5. The first-order valence-corrected chi connectivity index (χ1v) is 13.8. The van der Waals surface area contributed by atoms with Crippen molar-refractivity contribution in [3.05, 3.63) is 100 Å². The van der Waals surface area contributed by atoms with Crippen LogP contribution in [0.4, 0.5) is 0 Å². The van der Waals surface area contributed by atoms with Gasteiger partial charge in [-0.3, -0.25) is 9.59 Å². The van der Waals surface area contributed by atoms with Crippen molar-refractivity contribution in [1.82, 2.24) is 4.90 Å². The van der Waals surface area contributed by atoms with Gasteiger partial charge in [0.2, 0.25) is 0 Å². The topological polar surface area (TPSA) is 76.1 Å². The fraction of sp³-hybridized carbons (Fsp3) is 0.353. The van der Waals surface area contributed by atoms with Gasteiger partial charge in [-0.1, -0.05) is 55.8 Å². The number of ketones is 1. The van der Waals surface area contributed by atoms with E-state index in [1.807, 2.05) is 109 Å². The number of nitrogens with zero attached hydrogens (tertiary/aromatic N) is 1. The van der Waals surface area contributed by atoms with Gasteiger partial charge in [-0.15, -0.1) is 0 Å². The first-order valence-electron chi connectivity index (χ1n) is 13.8. The minimum absolute atomic E-state index is 0.0853. The second-order valence-corrected chi connectivity index (χ2v) is 11.5. The zero-order valence-corrected chi connectivity index (χ0v) is 24.4. The highest BCUT2D eigenvalue weighted by Crippen LogP contribution is 2.41. The lowest BCUT2D eigenvalue weighted by atomic mass is 9.92. The first kappa shape index (κ1) is 28.9. The molecule has 1 atom stereocenters. The smallest absolute Gasteiger partial charge is 0.295 e. The number of aliphatic hydroxyl groups excluding tert-OH is 1. The maximum absolute atomic E-state index is 13.5. The molecule has 3 aromatic carbocycles. The molecule has 1 aliphatic rings. The lowest BCUT2D eigenvalue weighted by molar-refractivity contribution is -0.140. The van der Waals surface area contributed by atoms with Crippen molar-refractivity contribution in [2.75, 3.05) is 6.61 Å². The average molecular weight is 542 g/mol. The van der Waals surface area contributed by atoms with Crippen LogP contribution in [0, 0.1) is 6.92 Å². The Morgan fingerprint density at radius 3 is 2.30 bits per heavy atom. The Morgan fingerprint density at radius 1 is 1.00 bits per heavy atom. The average Bonchev–Trinajstić information content (AvgIpc) is 3.13. The van der Waals surface area contributed by atoms with Crippen LogP contribution in [0.25, 0.3) is 5.76 Å². The molecule has 0 radical (unpaired) electrons. The zero-order chi connectivity index (χ0) is 29.2. The van der Waals surface area contributed by atoms with E-state index in [-0.39, 0.29) is 29.4 Å². The van der Waals surface area contributed by atoms with E-state index in [1.54, 1.807) is 11.0 Å². The van der Waals surface area contributed by atoms with E-state index in [9.17, 15) is 14.7 Å². The van der Waals surface area contributed by atoms with Crippen molar-refractivity contribution >= 4 is 17.4 Å². The van der Waals surface area contributed by atoms with E-state index in [0.29, 0.717) is 12.2 Å². The molecular weight excluding hydrogens is 502 g/mol. The Labute approximate surface area is 237 Å². The molecular formula is C34H39NO5. The van der Waals surface area contributed by atoms with Gasteiger partial charge < -0.3 is 19.5 Å². The fourth-order valence-corrected chi connectivity index (χ4v) is 5.03. The van der Waals surface area contributed by atoms with Gasteiger partial charge in [0.15, 0.2) is 0 Å². The van der Waals surface area contributed by atoms with Crippen molar-refractivity contribution in [3.63, 3.8) is 0 Å². The number of carbonyl (C=O) groups excluding carboxylic acids is 2. The third kappa shape index (κ3) is 6.22. The molecule has 3 aromatic rings. The molecule has 1 amide bonds. The van der Waals surface area contributed by atoms with E-state index in [2.05, 4.69) is 0 Å². The number of ether oxygens (including phenoxy) is 2. The maximum atomic E-state index is 13.5. The van der Waals surface area contributed by atoms with E-state index < -0.39 is 17.7 Å². The summed E-state index contributed by atoms with van der Waals surface area (Å²) in [7, 11) is 0. The summed E-state index contributed by atoms with van der Waals surface area (Å²) >= 11 is 0. The molecule has 4 rings (SSSR count). The van der Waals surface area contributed by atoms with Gasteiger partial charge in [-0.25, -0.2) is 0 Å². The first-order chi connectivity index (χ1) is 18.9. The lowest BCUT2D eigenvalue weighted by Crippen LogP contribution is -2.29. The SMILES string of the molecule is CCOc1ccc(/C(O)=C2/C(=O)C(=O)N(Cc3ccc(OC(C)(C)C)cc3)C2c2cccc(C)c2)cc1C(C)C. The molecule has 1 N–H and O–H groups in total. The molecule has 1 unspecified atom stereocenters. The van der Waals surface area contributed by atoms with Crippen LogP contribution in [-0.4, -0.2) is 33.9 Å². The van der Waals surface area contributed by atoms with Crippen LogP contribution in [-0.2, 0) is 16.1 Å². The van der Waals surface area contributed by atoms with E-state index in [4.69, 9.17) is 9.47 Å². The van der Waals surface area contributed by atoms with Crippen molar-refractivity contribution in [3.8, 4) is 11.5 Å². The predicted molar refractivity (Wildman–Crippen MR) is 158 cm³/mol. The third-order valence-electron chi connectivity index (χ3n) is 6.80. The molecule has 1 heterocycles. The lowest BCUT2D eigenvalue weighted by Gasteiger charge is -2.26. The summed E-state index contributed by atoms with van der Waals surface area (Å²) in [5.74, 6) is 0.0733. The Hall–Kier alpha value is -4.06. The molecule has 210 valence electrons. The molecule has 1 fully saturated rings. The number of rotatable bonds is 8. The van der Waals surface area contributed by atoms with Crippen LogP contribution in [0.2, 0.25) is 0 Å². The number of Topliss-reactive ketones (excluding diaryl/α,β-unsaturated/α-hetero) is 1. The largest absolute Gasteiger partial charge is 0.507 e. The molecule has 6 nitrogen and oxygen atoms in total. The second kappa shape index (κ2) is 11.6. The van der Waals surface area contributed by atoms with Gasteiger partial charge in [0.25, 0.3) is 11.7 Å². The molecule has 6 heteroatoms. The highest BCUT2D eigenvalue weighted by molar-refractivity contribution is 6.46. The molecule has 0 saturated carbocycles. The van der Waals surface area contributed by atoms with E-state index >= 15 is 0 Å². The van der Waals surface area contributed by atoms with Crippen molar-refractivity contribution in [2.24, 2.45) is 0 Å². The summed E-state index contributed by atoms with van der Waals surface area (Å²) in [4.78, 5) is 28.6. The third-order valence-corrected chi connectivity index (χ3v) is 6.80. The monoisotopic (exact) mass is 541 g/mol. The number of hydrogen-bond acceptors (Lipinski definition) is 5. The normalized spacial score (nSPS) is 17.0. The summed E-state index contributed by atoms with van der Waals surface area (Å²) in [6.45, 7) is 14.7. The van der Waals surface area contributed by atoms with Crippen LogP contribution in [0.15, 0.2) is 72.3 Å². The molecule has 1 saturated heterocycles.